The molecule has 0 aliphatic carbocycles. The molecule has 7 nitrogen and oxygen atoms in total. The Labute approximate surface area is 140 Å². The molecule has 1 aliphatic rings. The fourth-order valence-corrected chi connectivity index (χ4v) is 2.38. The van der Waals surface area contributed by atoms with Crippen molar-refractivity contribution in [2.24, 2.45) is 0 Å². The van der Waals surface area contributed by atoms with Gasteiger partial charge in [0.1, 0.15) is 5.82 Å². The Morgan fingerprint density at radius 2 is 1.88 bits per heavy atom. The highest BCUT2D eigenvalue weighted by atomic mass is 16.7. The Balaban J connectivity index is 1.50. The predicted octanol–water partition coefficient (Wildman–Crippen LogP) is 2.29. The number of anilines is 2. The van der Waals surface area contributed by atoms with Crippen LogP contribution in [0.5, 0.6) is 0 Å². The second-order valence-electron chi connectivity index (χ2n) is 5.63. The van der Waals surface area contributed by atoms with Crippen LogP contribution in [-0.2, 0) is 9.47 Å². The van der Waals surface area contributed by atoms with Gasteiger partial charge in [-0.05, 0) is 31.2 Å². The molecule has 2 heterocycles. The van der Waals surface area contributed by atoms with E-state index in [0.29, 0.717) is 32.0 Å². The van der Waals surface area contributed by atoms with Crippen LogP contribution in [0.2, 0.25) is 0 Å². The molecule has 0 atom stereocenters. The first-order valence-electron chi connectivity index (χ1n) is 7.87. The molecule has 126 valence electrons. The summed E-state index contributed by atoms with van der Waals surface area (Å²) in [5.74, 6) is -0.218. The van der Waals surface area contributed by atoms with E-state index in [1.54, 1.807) is 12.1 Å². The first-order valence-corrected chi connectivity index (χ1v) is 7.87. The Kier molecular flexibility index (Phi) is 5.02. The number of benzene rings is 1. The zero-order chi connectivity index (χ0) is 16.8. The summed E-state index contributed by atoms with van der Waals surface area (Å²) in [6.45, 7) is 3.81. The van der Waals surface area contributed by atoms with Gasteiger partial charge in [-0.2, -0.15) is 0 Å². The second kappa shape index (κ2) is 7.37. The molecule has 1 saturated heterocycles. The second-order valence-corrected chi connectivity index (χ2v) is 5.63. The molecule has 1 aromatic heterocycles. The number of para-hydroxylation sites is 1. The van der Waals surface area contributed by atoms with Gasteiger partial charge in [0.25, 0.3) is 5.91 Å². The molecule has 0 unspecified atom stereocenters. The molecule has 1 amide bonds. The van der Waals surface area contributed by atoms with Crippen molar-refractivity contribution in [2.75, 3.05) is 30.4 Å². The minimum atomic E-state index is -0.532. The molecule has 0 saturated carbocycles. The van der Waals surface area contributed by atoms with Gasteiger partial charge in [0.2, 0.25) is 0 Å². The Morgan fingerprint density at radius 3 is 2.54 bits per heavy atom. The van der Waals surface area contributed by atoms with Crippen LogP contribution in [0.4, 0.5) is 11.5 Å². The van der Waals surface area contributed by atoms with E-state index in [2.05, 4.69) is 20.8 Å². The van der Waals surface area contributed by atoms with E-state index in [1.165, 1.54) is 0 Å². The zero-order valence-corrected chi connectivity index (χ0v) is 13.5. The summed E-state index contributed by atoms with van der Waals surface area (Å²) in [4.78, 5) is 12.1. The Hall–Kier alpha value is -2.51. The lowest BCUT2D eigenvalue weighted by atomic mass is 10.2. The van der Waals surface area contributed by atoms with Crippen LogP contribution in [0.25, 0.3) is 0 Å². The number of rotatable bonds is 6. The number of hydrogen-bond donors (Lipinski definition) is 2. The first-order chi connectivity index (χ1) is 11.6. The van der Waals surface area contributed by atoms with Gasteiger partial charge in [0, 0.05) is 18.7 Å². The SMILES string of the molecule is CC1(CCNc2ccc(C(=O)Nc3ccccc3)nn2)OCCO1. The number of carbonyl (C=O) groups is 1. The largest absolute Gasteiger partial charge is 0.368 e. The minimum absolute atomic E-state index is 0.263. The van der Waals surface area contributed by atoms with Crippen LogP contribution in [0.15, 0.2) is 42.5 Å². The lowest BCUT2D eigenvalue weighted by molar-refractivity contribution is -0.144. The zero-order valence-electron chi connectivity index (χ0n) is 13.5. The van der Waals surface area contributed by atoms with E-state index in [4.69, 9.17) is 9.47 Å². The monoisotopic (exact) mass is 328 g/mol. The molecule has 0 radical (unpaired) electrons. The van der Waals surface area contributed by atoms with Gasteiger partial charge < -0.3 is 20.1 Å². The van der Waals surface area contributed by atoms with Gasteiger partial charge in [-0.3, -0.25) is 4.79 Å². The van der Waals surface area contributed by atoms with Crippen molar-refractivity contribution in [2.45, 2.75) is 19.1 Å². The molecule has 1 aromatic carbocycles. The third-order valence-electron chi connectivity index (χ3n) is 3.71. The maximum Gasteiger partial charge on any atom is 0.276 e. The maximum absolute atomic E-state index is 12.1. The lowest BCUT2D eigenvalue weighted by Crippen LogP contribution is -2.28. The molecule has 1 fully saturated rings. The van der Waals surface area contributed by atoms with Gasteiger partial charge in [0.05, 0.1) is 13.2 Å². The van der Waals surface area contributed by atoms with Crippen LogP contribution in [0.3, 0.4) is 0 Å². The van der Waals surface area contributed by atoms with Crippen molar-refractivity contribution in [3.63, 3.8) is 0 Å². The molecule has 3 rings (SSSR count). The third kappa shape index (κ3) is 4.27. The lowest BCUT2D eigenvalue weighted by Gasteiger charge is -2.22. The fraction of sp³-hybridized carbons (Fsp3) is 0.353. The number of nitrogens with zero attached hydrogens (tertiary/aromatic N) is 2. The highest BCUT2D eigenvalue weighted by molar-refractivity contribution is 6.02. The number of hydrogen-bond acceptors (Lipinski definition) is 6. The summed E-state index contributed by atoms with van der Waals surface area (Å²) >= 11 is 0. The summed E-state index contributed by atoms with van der Waals surface area (Å²) in [7, 11) is 0. The summed E-state index contributed by atoms with van der Waals surface area (Å²) in [5, 5.41) is 13.9. The molecule has 2 N–H and O–H groups in total. The van der Waals surface area contributed by atoms with Crippen molar-refractivity contribution in [3.8, 4) is 0 Å². The van der Waals surface area contributed by atoms with E-state index in [-0.39, 0.29) is 11.6 Å². The van der Waals surface area contributed by atoms with E-state index in [0.717, 1.165) is 5.69 Å². The van der Waals surface area contributed by atoms with Crippen LogP contribution < -0.4 is 10.6 Å². The van der Waals surface area contributed by atoms with E-state index in [9.17, 15) is 4.79 Å². The number of ether oxygens (including phenoxy) is 2. The van der Waals surface area contributed by atoms with Crippen molar-refractivity contribution < 1.29 is 14.3 Å². The van der Waals surface area contributed by atoms with Crippen LogP contribution in [0.1, 0.15) is 23.8 Å². The van der Waals surface area contributed by atoms with E-state index < -0.39 is 5.79 Å². The van der Waals surface area contributed by atoms with Gasteiger partial charge in [-0.1, -0.05) is 18.2 Å². The minimum Gasteiger partial charge on any atom is -0.368 e. The summed E-state index contributed by atoms with van der Waals surface area (Å²) in [5.41, 5.74) is 0.982. The smallest absolute Gasteiger partial charge is 0.276 e. The molecule has 24 heavy (non-hydrogen) atoms. The average molecular weight is 328 g/mol. The van der Waals surface area contributed by atoms with Crippen molar-refractivity contribution in [1.29, 1.82) is 0 Å². The van der Waals surface area contributed by atoms with Gasteiger partial charge in [0.15, 0.2) is 11.5 Å². The maximum atomic E-state index is 12.1. The topological polar surface area (TPSA) is 85.4 Å². The average Bonchev–Trinajstić information content (AvgIpc) is 3.03. The predicted molar refractivity (Wildman–Crippen MR) is 89.8 cm³/mol. The molecule has 2 aromatic rings. The molecule has 0 spiro atoms. The standard InChI is InChI=1S/C17H20N4O3/c1-17(23-11-12-24-17)9-10-18-15-8-7-14(20-21-15)16(22)19-13-5-3-2-4-6-13/h2-8H,9-12H2,1H3,(H,18,21)(H,19,22). The van der Waals surface area contributed by atoms with Crippen molar-refractivity contribution >= 4 is 17.4 Å². The summed E-state index contributed by atoms with van der Waals surface area (Å²) < 4.78 is 11.1. The van der Waals surface area contributed by atoms with Crippen molar-refractivity contribution in [3.05, 3.63) is 48.2 Å². The highest BCUT2D eigenvalue weighted by Crippen LogP contribution is 2.22. The molecule has 1 aliphatic heterocycles. The summed E-state index contributed by atoms with van der Waals surface area (Å²) in [6.07, 6.45) is 0.699. The molecular weight excluding hydrogens is 308 g/mol. The quantitative estimate of drug-likeness (QED) is 0.846. The molecule has 0 bridgehead atoms. The number of carbonyl (C=O) groups excluding carboxylic acids is 1. The number of amides is 1. The molecule has 7 heteroatoms. The fourth-order valence-electron chi connectivity index (χ4n) is 2.38. The Bertz CT molecular complexity index is 670. The number of aromatic nitrogens is 2. The number of nitrogens with one attached hydrogen (secondary N) is 2. The van der Waals surface area contributed by atoms with E-state index in [1.807, 2.05) is 37.3 Å². The van der Waals surface area contributed by atoms with E-state index >= 15 is 0 Å². The first kappa shape index (κ1) is 16.4. The van der Waals surface area contributed by atoms with Gasteiger partial charge in [-0.25, -0.2) is 0 Å². The van der Waals surface area contributed by atoms with Crippen LogP contribution in [0, 0.1) is 0 Å². The van der Waals surface area contributed by atoms with Crippen LogP contribution >= 0.6 is 0 Å². The third-order valence-corrected chi connectivity index (χ3v) is 3.71. The Morgan fingerprint density at radius 1 is 1.12 bits per heavy atom. The van der Waals surface area contributed by atoms with Crippen LogP contribution in [-0.4, -0.2) is 41.7 Å². The normalized spacial score (nSPS) is 15.9. The summed E-state index contributed by atoms with van der Waals surface area (Å²) in [6, 6.07) is 12.6. The van der Waals surface area contributed by atoms with Gasteiger partial charge in [-0.15, -0.1) is 10.2 Å². The van der Waals surface area contributed by atoms with Gasteiger partial charge >= 0.3 is 0 Å². The highest BCUT2D eigenvalue weighted by Gasteiger charge is 2.30. The van der Waals surface area contributed by atoms with Crippen molar-refractivity contribution in [1.82, 2.24) is 10.2 Å². The molecular formula is C17H20N4O3.